The third-order valence-corrected chi connectivity index (χ3v) is 5.10. The van der Waals surface area contributed by atoms with Gasteiger partial charge in [-0.15, -0.1) is 0 Å². The first-order chi connectivity index (χ1) is 8.66. The van der Waals surface area contributed by atoms with Gasteiger partial charge in [0.15, 0.2) is 0 Å². The van der Waals surface area contributed by atoms with Crippen LogP contribution in [0, 0.1) is 0 Å². The molecule has 0 aromatic rings. The zero-order valence-electron chi connectivity index (χ0n) is 12.0. The van der Waals surface area contributed by atoms with Gasteiger partial charge in [-0.25, -0.2) is 0 Å². The highest BCUT2D eigenvalue weighted by molar-refractivity contribution is 9.09. The molecule has 1 saturated carbocycles. The lowest BCUT2D eigenvalue weighted by Crippen LogP contribution is -2.44. The standard InChI is InChI=1S/C15H28BrNO/c1-3-4-5-6-7-12-15(18)17(2)14-11-9-8-10-13(14)16/h13-14H,3-12H2,1-2H3. The molecule has 0 aromatic carbocycles. The summed E-state index contributed by atoms with van der Waals surface area (Å²) in [5.41, 5.74) is 0. The highest BCUT2D eigenvalue weighted by Gasteiger charge is 2.28. The second-order valence-corrected chi connectivity index (χ2v) is 6.71. The molecule has 1 fully saturated rings. The molecule has 0 aliphatic heterocycles. The van der Waals surface area contributed by atoms with Crippen LogP contribution in [0.1, 0.15) is 71.1 Å². The molecule has 0 radical (unpaired) electrons. The van der Waals surface area contributed by atoms with Crippen LogP contribution in [0.4, 0.5) is 0 Å². The molecular formula is C15H28BrNO. The molecule has 2 nitrogen and oxygen atoms in total. The van der Waals surface area contributed by atoms with Gasteiger partial charge in [-0.05, 0) is 19.3 Å². The molecule has 1 aliphatic rings. The number of amides is 1. The second-order valence-electron chi connectivity index (χ2n) is 5.54. The van der Waals surface area contributed by atoms with Gasteiger partial charge in [-0.2, -0.15) is 0 Å². The van der Waals surface area contributed by atoms with Gasteiger partial charge < -0.3 is 4.90 Å². The molecule has 0 N–H and O–H groups in total. The van der Waals surface area contributed by atoms with Crippen molar-refractivity contribution in [2.24, 2.45) is 0 Å². The van der Waals surface area contributed by atoms with Crippen LogP contribution < -0.4 is 0 Å². The van der Waals surface area contributed by atoms with Crippen LogP contribution in [-0.2, 0) is 4.79 Å². The molecule has 3 heteroatoms. The van der Waals surface area contributed by atoms with Crippen molar-refractivity contribution in [2.75, 3.05) is 7.05 Å². The molecule has 2 unspecified atom stereocenters. The van der Waals surface area contributed by atoms with Crippen molar-refractivity contribution in [2.45, 2.75) is 82.0 Å². The largest absolute Gasteiger partial charge is 0.342 e. The summed E-state index contributed by atoms with van der Waals surface area (Å²) >= 11 is 3.73. The van der Waals surface area contributed by atoms with E-state index < -0.39 is 0 Å². The van der Waals surface area contributed by atoms with Crippen molar-refractivity contribution < 1.29 is 4.79 Å². The van der Waals surface area contributed by atoms with E-state index in [-0.39, 0.29) is 0 Å². The van der Waals surface area contributed by atoms with Crippen LogP contribution in [-0.4, -0.2) is 28.7 Å². The Labute approximate surface area is 121 Å². The quantitative estimate of drug-likeness (QED) is 0.499. The molecule has 0 aromatic heterocycles. The summed E-state index contributed by atoms with van der Waals surface area (Å²) in [6.07, 6.45) is 11.8. The summed E-state index contributed by atoms with van der Waals surface area (Å²) in [5.74, 6) is 0.336. The van der Waals surface area contributed by atoms with Crippen molar-refractivity contribution in [3.8, 4) is 0 Å². The second kappa shape index (κ2) is 8.95. The van der Waals surface area contributed by atoms with E-state index in [4.69, 9.17) is 0 Å². The van der Waals surface area contributed by atoms with E-state index in [9.17, 15) is 4.79 Å². The number of unbranched alkanes of at least 4 members (excludes halogenated alkanes) is 4. The van der Waals surface area contributed by atoms with Crippen LogP contribution in [0.15, 0.2) is 0 Å². The maximum atomic E-state index is 12.1. The summed E-state index contributed by atoms with van der Waals surface area (Å²) in [6, 6.07) is 0.418. The van der Waals surface area contributed by atoms with Gasteiger partial charge in [-0.3, -0.25) is 4.79 Å². The predicted molar refractivity (Wildman–Crippen MR) is 81.1 cm³/mol. The van der Waals surface area contributed by atoms with Crippen LogP contribution >= 0.6 is 15.9 Å². The van der Waals surface area contributed by atoms with Gasteiger partial charge in [0.05, 0.1) is 0 Å². The Bertz CT molecular complexity index is 245. The Morgan fingerprint density at radius 3 is 2.50 bits per heavy atom. The number of nitrogens with zero attached hydrogens (tertiary/aromatic N) is 1. The average molecular weight is 318 g/mol. The van der Waals surface area contributed by atoms with Crippen molar-refractivity contribution >= 4 is 21.8 Å². The number of hydrogen-bond acceptors (Lipinski definition) is 1. The van der Waals surface area contributed by atoms with E-state index in [1.165, 1.54) is 44.9 Å². The van der Waals surface area contributed by atoms with Gasteiger partial charge in [0.2, 0.25) is 5.91 Å². The van der Waals surface area contributed by atoms with Crippen LogP contribution in [0.25, 0.3) is 0 Å². The molecule has 1 amide bonds. The summed E-state index contributed by atoms with van der Waals surface area (Å²) in [6.45, 7) is 2.22. The van der Waals surface area contributed by atoms with Crippen molar-refractivity contribution in [3.63, 3.8) is 0 Å². The zero-order chi connectivity index (χ0) is 13.4. The zero-order valence-corrected chi connectivity index (χ0v) is 13.5. The first kappa shape index (κ1) is 16.0. The Hall–Kier alpha value is -0.0500. The molecule has 1 rings (SSSR count). The topological polar surface area (TPSA) is 20.3 Å². The van der Waals surface area contributed by atoms with E-state index >= 15 is 0 Å². The Kier molecular flexibility index (Phi) is 7.96. The number of hydrogen-bond donors (Lipinski definition) is 0. The minimum atomic E-state index is 0.336. The average Bonchev–Trinajstić information content (AvgIpc) is 2.38. The monoisotopic (exact) mass is 317 g/mol. The lowest BCUT2D eigenvalue weighted by Gasteiger charge is -2.35. The fraction of sp³-hybridized carbons (Fsp3) is 0.933. The molecule has 2 atom stereocenters. The summed E-state index contributed by atoms with van der Waals surface area (Å²) in [5, 5.41) is 0. The number of alkyl halides is 1. The fourth-order valence-corrected chi connectivity index (χ4v) is 3.69. The maximum absolute atomic E-state index is 12.1. The van der Waals surface area contributed by atoms with Gasteiger partial charge in [0.1, 0.15) is 0 Å². The van der Waals surface area contributed by atoms with Crippen LogP contribution in [0.5, 0.6) is 0 Å². The molecule has 1 aliphatic carbocycles. The number of carbonyl (C=O) groups is 1. The highest BCUT2D eigenvalue weighted by atomic mass is 79.9. The third-order valence-electron chi connectivity index (χ3n) is 4.03. The predicted octanol–water partition coefficient (Wildman–Crippen LogP) is 4.51. The Morgan fingerprint density at radius 2 is 1.83 bits per heavy atom. The molecule has 0 heterocycles. The Balaban J connectivity index is 2.23. The molecule has 0 bridgehead atoms. The van der Waals surface area contributed by atoms with E-state index in [0.717, 1.165) is 19.3 Å². The molecule has 106 valence electrons. The van der Waals surface area contributed by atoms with Crippen LogP contribution in [0.3, 0.4) is 0 Å². The first-order valence-corrected chi connectivity index (χ1v) is 8.48. The lowest BCUT2D eigenvalue weighted by atomic mass is 9.94. The fourth-order valence-electron chi connectivity index (χ4n) is 2.74. The van der Waals surface area contributed by atoms with Gasteiger partial charge in [-0.1, -0.05) is 61.4 Å². The van der Waals surface area contributed by atoms with E-state index in [1.54, 1.807) is 0 Å². The van der Waals surface area contributed by atoms with E-state index in [1.807, 2.05) is 11.9 Å². The number of carbonyl (C=O) groups excluding carboxylic acids is 1. The molecule has 0 spiro atoms. The van der Waals surface area contributed by atoms with Gasteiger partial charge >= 0.3 is 0 Å². The summed E-state index contributed by atoms with van der Waals surface area (Å²) in [4.78, 5) is 14.6. The van der Waals surface area contributed by atoms with Crippen molar-refractivity contribution in [1.82, 2.24) is 4.90 Å². The first-order valence-electron chi connectivity index (χ1n) is 7.56. The Morgan fingerprint density at radius 1 is 1.17 bits per heavy atom. The molecule has 18 heavy (non-hydrogen) atoms. The number of rotatable bonds is 7. The van der Waals surface area contributed by atoms with Gasteiger partial charge in [0.25, 0.3) is 0 Å². The highest BCUT2D eigenvalue weighted by Crippen LogP contribution is 2.28. The van der Waals surface area contributed by atoms with E-state index in [0.29, 0.717) is 16.8 Å². The van der Waals surface area contributed by atoms with Crippen molar-refractivity contribution in [3.05, 3.63) is 0 Å². The molecule has 0 saturated heterocycles. The normalized spacial score (nSPS) is 23.9. The van der Waals surface area contributed by atoms with Crippen LogP contribution in [0.2, 0.25) is 0 Å². The third kappa shape index (κ3) is 5.29. The summed E-state index contributed by atoms with van der Waals surface area (Å²) in [7, 11) is 1.98. The minimum Gasteiger partial charge on any atom is -0.342 e. The summed E-state index contributed by atoms with van der Waals surface area (Å²) < 4.78 is 0. The smallest absolute Gasteiger partial charge is 0.222 e. The maximum Gasteiger partial charge on any atom is 0.222 e. The van der Waals surface area contributed by atoms with Crippen molar-refractivity contribution in [1.29, 1.82) is 0 Å². The van der Waals surface area contributed by atoms with E-state index in [2.05, 4.69) is 22.9 Å². The lowest BCUT2D eigenvalue weighted by molar-refractivity contribution is -0.132. The molecular weight excluding hydrogens is 290 g/mol. The SMILES string of the molecule is CCCCCCCC(=O)N(C)C1CCCCC1Br. The number of halogens is 1. The minimum absolute atomic E-state index is 0.336. The van der Waals surface area contributed by atoms with Gasteiger partial charge in [0, 0.05) is 24.3 Å².